The molecule has 1 unspecified atom stereocenters. The average Bonchev–Trinajstić information content (AvgIpc) is 2.40. The molecule has 0 aliphatic heterocycles. The Hall–Kier alpha value is -2.30. The second kappa shape index (κ2) is 5.56. The SMILES string of the molecule is CCOC(=O)C(C)Oc1cccc2c(=O)[nH]ccc12. The molecule has 2 rings (SSSR count). The molecule has 0 aliphatic carbocycles. The predicted octanol–water partition coefficient (Wildman–Crippen LogP) is 1.86. The van der Waals surface area contributed by atoms with E-state index in [4.69, 9.17) is 9.47 Å². The fourth-order valence-electron chi connectivity index (χ4n) is 1.79. The van der Waals surface area contributed by atoms with Crippen LogP contribution in [0.25, 0.3) is 10.8 Å². The average molecular weight is 261 g/mol. The van der Waals surface area contributed by atoms with Crippen LogP contribution in [0.4, 0.5) is 0 Å². The Bertz CT molecular complexity index is 647. The third kappa shape index (κ3) is 2.76. The van der Waals surface area contributed by atoms with Crippen molar-refractivity contribution in [3.63, 3.8) is 0 Å². The van der Waals surface area contributed by atoms with E-state index in [9.17, 15) is 9.59 Å². The lowest BCUT2D eigenvalue weighted by molar-refractivity contribution is -0.150. The van der Waals surface area contributed by atoms with Gasteiger partial charge in [0.05, 0.1) is 12.0 Å². The van der Waals surface area contributed by atoms with Gasteiger partial charge in [0.25, 0.3) is 5.56 Å². The minimum atomic E-state index is -0.718. The molecule has 2 aromatic rings. The van der Waals surface area contributed by atoms with E-state index in [1.54, 1.807) is 44.3 Å². The van der Waals surface area contributed by atoms with Gasteiger partial charge in [0.2, 0.25) is 0 Å². The van der Waals surface area contributed by atoms with Crippen LogP contribution in [0, 0.1) is 0 Å². The third-order valence-corrected chi connectivity index (χ3v) is 2.70. The minimum absolute atomic E-state index is 0.188. The zero-order chi connectivity index (χ0) is 13.8. The Kier molecular flexibility index (Phi) is 3.85. The van der Waals surface area contributed by atoms with Gasteiger partial charge in [-0.15, -0.1) is 0 Å². The smallest absolute Gasteiger partial charge is 0.347 e. The fourth-order valence-corrected chi connectivity index (χ4v) is 1.79. The number of aromatic nitrogens is 1. The summed E-state index contributed by atoms with van der Waals surface area (Å²) in [6, 6.07) is 6.88. The molecule has 0 aliphatic rings. The van der Waals surface area contributed by atoms with Crippen LogP contribution in [0.1, 0.15) is 13.8 Å². The molecule has 0 fully saturated rings. The number of nitrogens with one attached hydrogen (secondary N) is 1. The number of hydrogen-bond acceptors (Lipinski definition) is 4. The van der Waals surface area contributed by atoms with Crippen molar-refractivity contribution < 1.29 is 14.3 Å². The number of carbonyl (C=O) groups is 1. The van der Waals surface area contributed by atoms with Crippen molar-refractivity contribution >= 4 is 16.7 Å². The summed E-state index contributed by atoms with van der Waals surface area (Å²) < 4.78 is 10.4. The normalized spacial score (nSPS) is 12.1. The quantitative estimate of drug-likeness (QED) is 0.853. The van der Waals surface area contributed by atoms with Crippen molar-refractivity contribution in [3.8, 4) is 5.75 Å². The highest BCUT2D eigenvalue weighted by molar-refractivity contribution is 5.87. The predicted molar refractivity (Wildman–Crippen MR) is 71.3 cm³/mol. The van der Waals surface area contributed by atoms with Crippen LogP contribution >= 0.6 is 0 Å². The minimum Gasteiger partial charge on any atom is -0.478 e. The number of ether oxygens (including phenoxy) is 2. The van der Waals surface area contributed by atoms with Gasteiger partial charge in [-0.1, -0.05) is 6.07 Å². The molecule has 1 aromatic carbocycles. The summed E-state index contributed by atoms with van der Waals surface area (Å²) in [5, 5.41) is 1.19. The summed E-state index contributed by atoms with van der Waals surface area (Å²) in [4.78, 5) is 25.8. The van der Waals surface area contributed by atoms with E-state index in [1.165, 1.54) is 0 Å². The largest absolute Gasteiger partial charge is 0.478 e. The molecule has 5 nitrogen and oxygen atoms in total. The summed E-state index contributed by atoms with van der Waals surface area (Å²) in [6.45, 7) is 3.66. The molecule has 1 aromatic heterocycles. The molecule has 0 saturated carbocycles. The number of benzene rings is 1. The number of hydrogen-bond donors (Lipinski definition) is 1. The first-order valence-electron chi connectivity index (χ1n) is 6.07. The Balaban J connectivity index is 2.33. The Morgan fingerprint density at radius 2 is 2.11 bits per heavy atom. The maximum atomic E-state index is 11.7. The zero-order valence-electron chi connectivity index (χ0n) is 10.8. The summed E-state index contributed by atoms with van der Waals surface area (Å²) >= 11 is 0. The van der Waals surface area contributed by atoms with Crippen molar-refractivity contribution in [1.29, 1.82) is 0 Å². The highest BCUT2D eigenvalue weighted by atomic mass is 16.6. The van der Waals surface area contributed by atoms with Gasteiger partial charge >= 0.3 is 5.97 Å². The maximum absolute atomic E-state index is 11.7. The maximum Gasteiger partial charge on any atom is 0.347 e. The number of fused-ring (bicyclic) bond motifs is 1. The van der Waals surface area contributed by atoms with Gasteiger partial charge in [0, 0.05) is 11.6 Å². The molecule has 1 N–H and O–H groups in total. The van der Waals surface area contributed by atoms with Crippen LogP contribution in [-0.2, 0) is 9.53 Å². The lowest BCUT2D eigenvalue weighted by Gasteiger charge is -2.14. The van der Waals surface area contributed by atoms with Crippen LogP contribution in [-0.4, -0.2) is 23.7 Å². The van der Waals surface area contributed by atoms with Crippen LogP contribution < -0.4 is 10.3 Å². The number of carbonyl (C=O) groups excluding carboxylic acids is 1. The molecular formula is C14H15NO4. The molecule has 100 valence electrons. The van der Waals surface area contributed by atoms with Crippen LogP contribution in [0.15, 0.2) is 35.3 Å². The van der Waals surface area contributed by atoms with E-state index in [0.717, 1.165) is 0 Å². The van der Waals surface area contributed by atoms with Gasteiger partial charge in [-0.05, 0) is 32.0 Å². The van der Waals surface area contributed by atoms with Crippen LogP contribution in [0.2, 0.25) is 0 Å². The van der Waals surface area contributed by atoms with Gasteiger partial charge in [0.1, 0.15) is 5.75 Å². The third-order valence-electron chi connectivity index (χ3n) is 2.70. The highest BCUT2D eigenvalue weighted by Gasteiger charge is 2.17. The summed E-state index contributed by atoms with van der Waals surface area (Å²) in [7, 11) is 0. The van der Waals surface area contributed by atoms with Gasteiger partial charge < -0.3 is 14.5 Å². The molecule has 0 bridgehead atoms. The molecule has 5 heteroatoms. The first kappa shape index (κ1) is 13.1. The van der Waals surface area contributed by atoms with Crippen molar-refractivity contribution in [1.82, 2.24) is 4.98 Å². The lowest BCUT2D eigenvalue weighted by atomic mass is 10.1. The van der Waals surface area contributed by atoms with Crippen molar-refractivity contribution in [3.05, 3.63) is 40.8 Å². The Morgan fingerprint density at radius 1 is 1.32 bits per heavy atom. The summed E-state index contributed by atoms with van der Waals surface area (Å²) in [6.07, 6.45) is 0.830. The standard InChI is InChI=1S/C14H15NO4/c1-3-18-14(17)9(2)19-12-6-4-5-11-10(12)7-8-15-13(11)16/h4-9H,3H2,1-2H3,(H,15,16). The number of esters is 1. The summed E-state index contributed by atoms with van der Waals surface area (Å²) in [5.74, 6) is 0.0634. The number of rotatable bonds is 4. The molecule has 1 heterocycles. The molecule has 19 heavy (non-hydrogen) atoms. The van der Waals surface area contributed by atoms with E-state index in [0.29, 0.717) is 23.1 Å². The number of H-pyrrole nitrogens is 1. The molecule has 1 atom stereocenters. The first-order valence-corrected chi connectivity index (χ1v) is 6.07. The second-order valence-electron chi connectivity index (χ2n) is 4.04. The Labute approximate surface area is 110 Å². The van der Waals surface area contributed by atoms with E-state index < -0.39 is 12.1 Å². The molecule has 0 spiro atoms. The molecule has 0 amide bonds. The van der Waals surface area contributed by atoms with E-state index in [1.807, 2.05) is 0 Å². The fraction of sp³-hybridized carbons (Fsp3) is 0.286. The van der Waals surface area contributed by atoms with E-state index >= 15 is 0 Å². The highest BCUT2D eigenvalue weighted by Crippen LogP contribution is 2.23. The molecule has 0 radical (unpaired) electrons. The summed E-state index contributed by atoms with van der Waals surface area (Å²) in [5.41, 5.74) is -0.188. The van der Waals surface area contributed by atoms with Gasteiger partial charge in [-0.25, -0.2) is 4.79 Å². The van der Waals surface area contributed by atoms with Gasteiger partial charge in [-0.2, -0.15) is 0 Å². The second-order valence-corrected chi connectivity index (χ2v) is 4.04. The van der Waals surface area contributed by atoms with E-state index in [2.05, 4.69) is 4.98 Å². The van der Waals surface area contributed by atoms with Crippen molar-refractivity contribution in [2.45, 2.75) is 20.0 Å². The molecule has 0 saturated heterocycles. The van der Waals surface area contributed by atoms with E-state index in [-0.39, 0.29) is 5.56 Å². The van der Waals surface area contributed by atoms with Gasteiger partial charge in [0.15, 0.2) is 6.10 Å². The zero-order valence-corrected chi connectivity index (χ0v) is 10.8. The number of pyridine rings is 1. The van der Waals surface area contributed by atoms with Gasteiger partial charge in [-0.3, -0.25) is 4.79 Å². The topological polar surface area (TPSA) is 68.4 Å². The Morgan fingerprint density at radius 3 is 2.84 bits per heavy atom. The van der Waals surface area contributed by atoms with Crippen molar-refractivity contribution in [2.75, 3.05) is 6.61 Å². The van der Waals surface area contributed by atoms with Crippen molar-refractivity contribution in [2.24, 2.45) is 0 Å². The van der Waals surface area contributed by atoms with Crippen LogP contribution in [0.3, 0.4) is 0 Å². The lowest BCUT2D eigenvalue weighted by Crippen LogP contribution is -2.26. The monoisotopic (exact) mass is 261 g/mol. The van der Waals surface area contributed by atoms with Crippen LogP contribution in [0.5, 0.6) is 5.75 Å². The number of aromatic amines is 1. The first-order chi connectivity index (χ1) is 9.13. The molecular weight excluding hydrogens is 246 g/mol.